The number of nitrogens with one attached hydrogen (secondary N) is 1. The first kappa shape index (κ1) is 28.2. The maximum Gasteiger partial charge on any atom is 0.258 e. The predicted molar refractivity (Wildman–Crippen MR) is 146 cm³/mol. The molecule has 0 unspecified atom stereocenters. The van der Waals surface area contributed by atoms with Gasteiger partial charge >= 0.3 is 0 Å². The second kappa shape index (κ2) is 11.9. The number of pyridine rings is 1. The van der Waals surface area contributed by atoms with E-state index in [1.165, 1.54) is 35.9 Å². The number of aromatic nitrogens is 1. The molecule has 0 aliphatic carbocycles. The van der Waals surface area contributed by atoms with E-state index in [1.807, 2.05) is 6.92 Å². The first-order chi connectivity index (χ1) is 18.6. The second-order valence-corrected chi connectivity index (χ2v) is 11.6. The summed E-state index contributed by atoms with van der Waals surface area (Å²) in [5, 5.41) is 12.7. The summed E-state index contributed by atoms with van der Waals surface area (Å²) < 4.78 is 34.2. The topological polar surface area (TPSA) is 129 Å². The van der Waals surface area contributed by atoms with Crippen molar-refractivity contribution in [2.24, 2.45) is 5.92 Å². The fourth-order valence-electron chi connectivity index (χ4n) is 4.38. The molecule has 0 saturated carbocycles. The van der Waals surface area contributed by atoms with Crippen molar-refractivity contribution in [1.29, 1.82) is 0 Å². The summed E-state index contributed by atoms with van der Waals surface area (Å²) in [4.78, 5) is 32.2. The van der Waals surface area contributed by atoms with Gasteiger partial charge in [-0.1, -0.05) is 31.2 Å². The Hall–Kier alpha value is -3.80. The maximum atomic E-state index is 13.6. The number of fused-ring (bicyclic) bond motifs is 1. The van der Waals surface area contributed by atoms with Gasteiger partial charge in [0.2, 0.25) is 10.0 Å². The molecule has 2 aromatic carbocycles. The Morgan fingerprint density at radius 2 is 1.85 bits per heavy atom. The fourth-order valence-corrected chi connectivity index (χ4v) is 5.59. The zero-order valence-electron chi connectivity index (χ0n) is 22.0. The number of para-hydroxylation sites is 1. The molecule has 11 heteroatoms. The van der Waals surface area contributed by atoms with Gasteiger partial charge in [0.15, 0.2) is 5.75 Å². The highest BCUT2D eigenvalue weighted by molar-refractivity contribution is 7.89. The number of anilines is 1. The lowest BCUT2D eigenvalue weighted by Gasteiger charge is -2.38. The third-order valence-corrected chi connectivity index (χ3v) is 8.61. The van der Waals surface area contributed by atoms with Crippen LogP contribution in [0, 0.1) is 5.92 Å². The van der Waals surface area contributed by atoms with Gasteiger partial charge in [-0.2, -0.15) is 4.31 Å². The summed E-state index contributed by atoms with van der Waals surface area (Å²) >= 11 is 0. The normalized spacial score (nSPS) is 18.5. The van der Waals surface area contributed by atoms with E-state index in [0.717, 1.165) is 0 Å². The van der Waals surface area contributed by atoms with E-state index in [9.17, 15) is 23.1 Å². The number of ether oxygens (including phenoxy) is 1. The number of aliphatic hydroxyl groups is 1. The quantitative estimate of drug-likeness (QED) is 0.440. The van der Waals surface area contributed by atoms with E-state index >= 15 is 0 Å². The van der Waals surface area contributed by atoms with E-state index in [2.05, 4.69) is 10.3 Å². The van der Waals surface area contributed by atoms with Crippen molar-refractivity contribution < 1.29 is 27.9 Å². The highest BCUT2D eigenvalue weighted by atomic mass is 32.2. The largest absolute Gasteiger partial charge is 0.486 e. The molecule has 3 atom stereocenters. The Balaban J connectivity index is 1.73. The van der Waals surface area contributed by atoms with Crippen molar-refractivity contribution in [3.8, 4) is 5.75 Å². The van der Waals surface area contributed by atoms with Crippen molar-refractivity contribution in [3.63, 3.8) is 0 Å². The van der Waals surface area contributed by atoms with Crippen LogP contribution in [0.3, 0.4) is 0 Å². The van der Waals surface area contributed by atoms with Crippen LogP contribution in [0.25, 0.3) is 0 Å². The van der Waals surface area contributed by atoms with Crippen LogP contribution in [-0.2, 0) is 10.0 Å². The predicted octanol–water partition coefficient (Wildman–Crippen LogP) is 2.87. The Morgan fingerprint density at radius 3 is 2.51 bits per heavy atom. The minimum absolute atomic E-state index is 0.0139. The van der Waals surface area contributed by atoms with Crippen LogP contribution in [0.2, 0.25) is 0 Å². The monoisotopic (exact) mass is 552 g/mol. The third kappa shape index (κ3) is 6.11. The number of carbonyl (C=O) groups is 2. The van der Waals surface area contributed by atoms with Crippen molar-refractivity contribution in [2.45, 2.75) is 30.9 Å². The Kier molecular flexibility index (Phi) is 8.63. The molecule has 4 rings (SSSR count). The molecule has 0 fully saturated rings. The number of nitrogens with zero attached hydrogens (tertiary/aromatic N) is 3. The van der Waals surface area contributed by atoms with Gasteiger partial charge in [0.1, 0.15) is 6.10 Å². The molecule has 39 heavy (non-hydrogen) atoms. The molecule has 1 aliphatic rings. The minimum Gasteiger partial charge on any atom is -0.486 e. The van der Waals surface area contributed by atoms with Crippen LogP contribution in [-0.4, -0.2) is 78.4 Å². The maximum absolute atomic E-state index is 13.6. The van der Waals surface area contributed by atoms with E-state index in [0.29, 0.717) is 5.56 Å². The molecular weight excluding hydrogens is 520 g/mol. The average molecular weight is 553 g/mol. The number of aliphatic hydroxyl groups excluding tert-OH is 1. The summed E-state index contributed by atoms with van der Waals surface area (Å²) in [5.74, 6) is -0.962. The number of hydrogen-bond acceptors (Lipinski definition) is 7. The van der Waals surface area contributed by atoms with Crippen molar-refractivity contribution >= 4 is 27.5 Å². The molecule has 0 saturated heterocycles. The smallest absolute Gasteiger partial charge is 0.258 e. The minimum atomic E-state index is -3.81. The van der Waals surface area contributed by atoms with E-state index in [4.69, 9.17) is 4.74 Å². The molecule has 0 bridgehead atoms. The third-order valence-electron chi connectivity index (χ3n) is 6.77. The summed E-state index contributed by atoms with van der Waals surface area (Å²) in [6.07, 6.45) is 2.31. The lowest BCUT2D eigenvalue weighted by Crippen LogP contribution is -2.50. The zero-order valence-corrected chi connectivity index (χ0v) is 22.8. The van der Waals surface area contributed by atoms with Crippen LogP contribution in [0.1, 0.15) is 34.6 Å². The van der Waals surface area contributed by atoms with Crippen LogP contribution in [0.4, 0.5) is 5.69 Å². The fraction of sp³-hybridized carbons (Fsp3) is 0.321. The van der Waals surface area contributed by atoms with Crippen LogP contribution in [0.5, 0.6) is 5.75 Å². The zero-order chi connectivity index (χ0) is 28.2. The summed E-state index contributed by atoms with van der Waals surface area (Å²) in [5.41, 5.74) is 0.842. The number of carbonyl (C=O) groups excluding carboxylic acids is 2. The van der Waals surface area contributed by atoms with Gasteiger partial charge in [-0.15, -0.1) is 0 Å². The molecule has 2 heterocycles. The molecule has 1 aliphatic heterocycles. The number of rotatable bonds is 8. The lowest BCUT2D eigenvalue weighted by molar-refractivity contribution is 0.0388. The molecule has 1 aromatic heterocycles. The number of sulfonamides is 1. The highest BCUT2D eigenvalue weighted by Crippen LogP contribution is 2.35. The highest BCUT2D eigenvalue weighted by Gasteiger charge is 2.36. The van der Waals surface area contributed by atoms with E-state index in [1.54, 1.807) is 60.4 Å². The summed E-state index contributed by atoms with van der Waals surface area (Å²) in [6.45, 7) is 3.57. The van der Waals surface area contributed by atoms with Crippen LogP contribution in [0.15, 0.2) is 78.0 Å². The first-order valence-electron chi connectivity index (χ1n) is 12.6. The molecule has 2 N–H and O–H groups in total. The van der Waals surface area contributed by atoms with Crippen molar-refractivity contribution in [2.75, 3.05) is 32.1 Å². The SMILES string of the molecule is C[C@@H]1CN([C@@H](C)CO)C(=O)c2cccc(NC(=O)c3ccncc3)c2O[C@@H]1CN(C)S(=O)(=O)c1ccccc1. The second-order valence-electron chi connectivity index (χ2n) is 9.59. The van der Waals surface area contributed by atoms with Gasteiger partial charge in [0, 0.05) is 37.5 Å². The van der Waals surface area contributed by atoms with Gasteiger partial charge in [0.25, 0.3) is 11.8 Å². The van der Waals surface area contributed by atoms with Crippen molar-refractivity contribution in [3.05, 3.63) is 84.2 Å². The number of amides is 2. The Labute approximate surface area is 228 Å². The molecular formula is C28H32N4O6S. The Morgan fingerprint density at radius 1 is 1.15 bits per heavy atom. The van der Waals surface area contributed by atoms with Gasteiger partial charge in [-0.3, -0.25) is 14.6 Å². The number of likely N-dealkylation sites (N-methyl/N-ethyl adjacent to an activating group) is 1. The molecule has 10 nitrogen and oxygen atoms in total. The standard InChI is InChI=1S/C28H32N4O6S/c1-19-16-32(20(2)18-33)28(35)23-10-7-11-24(30-27(34)21-12-14-29-15-13-21)26(23)38-25(19)17-31(3)39(36,37)22-8-5-4-6-9-22/h4-15,19-20,25,33H,16-18H2,1-3H3,(H,30,34)/t19-,20+,25-/m1/s1. The van der Waals surface area contributed by atoms with Gasteiger partial charge < -0.3 is 20.1 Å². The van der Waals surface area contributed by atoms with E-state index < -0.39 is 28.1 Å². The molecule has 0 spiro atoms. The molecule has 3 aromatic rings. The molecule has 206 valence electrons. The number of hydrogen-bond donors (Lipinski definition) is 2. The van der Waals surface area contributed by atoms with Gasteiger partial charge in [-0.25, -0.2) is 8.42 Å². The molecule has 2 amide bonds. The summed E-state index contributed by atoms with van der Waals surface area (Å²) in [6, 6.07) is 15.6. The lowest BCUT2D eigenvalue weighted by atomic mass is 9.99. The first-order valence-corrected chi connectivity index (χ1v) is 14.0. The van der Waals surface area contributed by atoms with Crippen molar-refractivity contribution in [1.82, 2.24) is 14.2 Å². The molecule has 0 radical (unpaired) electrons. The Bertz CT molecular complexity index is 1420. The van der Waals surface area contributed by atoms with Crippen LogP contribution >= 0.6 is 0 Å². The van der Waals surface area contributed by atoms with E-state index in [-0.39, 0.29) is 53.4 Å². The van der Waals surface area contributed by atoms with Gasteiger partial charge in [-0.05, 0) is 43.3 Å². The number of benzene rings is 2. The average Bonchev–Trinajstić information content (AvgIpc) is 2.95. The van der Waals surface area contributed by atoms with Gasteiger partial charge in [0.05, 0.1) is 35.3 Å². The summed E-state index contributed by atoms with van der Waals surface area (Å²) in [7, 11) is -2.33. The van der Waals surface area contributed by atoms with Crippen LogP contribution < -0.4 is 10.1 Å².